The number of thiophene rings is 1. The molecule has 1 unspecified atom stereocenters. The Hall–Kier alpha value is -2.71. The Kier molecular flexibility index (Phi) is 5.88. The number of nitrogens with zero attached hydrogens (tertiary/aromatic N) is 2. The minimum absolute atomic E-state index is 0.0546. The lowest BCUT2D eigenvalue weighted by atomic mass is 10.3. The van der Waals surface area contributed by atoms with Crippen LogP contribution in [-0.4, -0.2) is 27.5 Å². The van der Waals surface area contributed by atoms with Crippen molar-refractivity contribution < 1.29 is 14.3 Å². The number of aryl methyl sites for hydroxylation is 1. The van der Waals surface area contributed by atoms with Gasteiger partial charge in [-0.15, -0.1) is 11.3 Å². The first-order valence-corrected chi connectivity index (χ1v) is 9.39. The summed E-state index contributed by atoms with van der Waals surface area (Å²) in [6.45, 7) is 1.59. The number of para-hydroxylation sites is 1. The van der Waals surface area contributed by atoms with Crippen molar-refractivity contribution >= 4 is 50.7 Å². The van der Waals surface area contributed by atoms with Crippen molar-refractivity contribution in [3.63, 3.8) is 0 Å². The molecule has 1 N–H and O–H groups in total. The normalized spacial score (nSPS) is 11.9. The summed E-state index contributed by atoms with van der Waals surface area (Å²) in [4.78, 5) is 41.2. The van der Waals surface area contributed by atoms with Gasteiger partial charge in [-0.1, -0.05) is 23.7 Å². The van der Waals surface area contributed by atoms with E-state index in [0.717, 1.165) is 0 Å². The van der Waals surface area contributed by atoms with Crippen LogP contribution in [0.4, 0.5) is 5.69 Å². The van der Waals surface area contributed by atoms with Gasteiger partial charge in [0.05, 0.1) is 28.8 Å². The predicted octanol–water partition coefficient (Wildman–Crippen LogP) is 3.07. The number of halogens is 1. The molecular formula is C18H16ClN3O4S. The van der Waals surface area contributed by atoms with E-state index in [1.54, 1.807) is 35.7 Å². The van der Waals surface area contributed by atoms with E-state index in [1.807, 2.05) is 0 Å². The Morgan fingerprint density at radius 2 is 2.11 bits per heavy atom. The summed E-state index contributed by atoms with van der Waals surface area (Å²) in [7, 11) is 0. The second-order valence-electron chi connectivity index (χ2n) is 5.73. The first kappa shape index (κ1) is 19.1. The Balaban J connectivity index is 1.55. The maximum absolute atomic E-state index is 12.3. The Morgan fingerprint density at radius 1 is 1.33 bits per heavy atom. The predicted molar refractivity (Wildman–Crippen MR) is 104 cm³/mol. The maximum atomic E-state index is 12.3. The number of carbonyl (C=O) groups is 2. The molecule has 9 heteroatoms. The van der Waals surface area contributed by atoms with Crippen LogP contribution in [0.2, 0.25) is 5.02 Å². The standard InChI is InChI=1S/C18H16ClN3O4S/c1-11(16(24)21-14-5-3-2-4-13(14)19)26-15(23)6-8-22-10-20-17-12(18(22)25)7-9-27-17/h2-5,7,9-11H,6,8H2,1H3,(H,21,24). The highest BCUT2D eigenvalue weighted by molar-refractivity contribution is 7.16. The first-order chi connectivity index (χ1) is 13.0. The minimum Gasteiger partial charge on any atom is -0.452 e. The number of hydrogen-bond donors (Lipinski definition) is 1. The lowest BCUT2D eigenvalue weighted by Crippen LogP contribution is -2.30. The van der Waals surface area contributed by atoms with E-state index in [2.05, 4.69) is 10.3 Å². The number of anilines is 1. The summed E-state index contributed by atoms with van der Waals surface area (Å²) in [6, 6.07) is 8.46. The number of nitrogens with one attached hydrogen (secondary N) is 1. The fraction of sp³-hybridized carbons (Fsp3) is 0.222. The van der Waals surface area contributed by atoms with E-state index < -0.39 is 18.0 Å². The summed E-state index contributed by atoms with van der Waals surface area (Å²) in [5.74, 6) is -1.08. The summed E-state index contributed by atoms with van der Waals surface area (Å²) < 4.78 is 6.48. The zero-order valence-electron chi connectivity index (χ0n) is 14.3. The molecule has 0 spiro atoms. The topological polar surface area (TPSA) is 90.3 Å². The highest BCUT2D eigenvalue weighted by Gasteiger charge is 2.19. The number of carbonyl (C=O) groups excluding carboxylic acids is 2. The monoisotopic (exact) mass is 405 g/mol. The summed E-state index contributed by atoms with van der Waals surface area (Å²) in [6.07, 6.45) is 0.353. The zero-order chi connectivity index (χ0) is 19.4. The Labute approximate surface area is 163 Å². The number of rotatable bonds is 6. The van der Waals surface area contributed by atoms with Crippen LogP contribution in [0.25, 0.3) is 10.2 Å². The molecule has 1 aromatic carbocycles. The van der Waals surface area contributed by atoms with Crippen molar-refractivity contribution in [2.24, 2.45) is 0 Å². The molecule has 0 bridgehead atoms. The van der Waals surface area contributed by atoms with Gasteiger partial charge in [0.2, 0.25) is 0 Å². The van der Waals surface area contributed by atoms with Crippen LogP contribution in [0.3, 0.4) is 0 Å². The quantitative estimate of drug-likeness (QED) is 0.636. The molecule has 0 aliphatic carbocycles. The maximum Gasteiger partial charge on any atom is 0.308 e. The molecule has 3 aromatic rings. The summed E-state index contributed by atoms with van der Waals surface area (Å²) >= 11 is 7.36. The van der Waals surface area contributed by atoms with Crippen molar-refractivity contribution in [1.82, 2.24) is 9.55 Å². The van der Waals surface area contributed by atoms with Gasteiger partial charge in [-0.2, -0.15) is 0 Å². The third-order valence-electron chi connectivity index (χ3n) is 3.82. The second-order valence-corrected chi connectivity index (χ2v) is 7.04. The molecule has 3 rings (SSSR count). The molecule has 7 nitrogen and oxygen atoms in total. The van der Waals surface area contributed by atoms with Crippen molar-refractivity contribution in [3.05, 3.63) is 57.4 Å². The molecule has 2 heterocycles. The van der Waals surface area contributed by atoms with Crippen molar-refractivity contribution in [2.45, 2.75) is 26.0 Å². The average molecular weight is 406 g/mol. The molecule has 0 aliphatic rings. The van der Waals surface area contributed by atoms with Gasteiger partial charge in [0.25, 0.3) is 11.5 Å². The number of aromatic nitrogens is 2. The Morgan fingerprint density at radius 3 is 2.89 bits per heavy atom. The molecule has 0 fully saturated rings. The molecule has 0 saturated heterocycles. The van der Waals surface area contributed by atoms with Crippen molar-refractivity contribution in [2.75, 3.05) is 5.32 Å². The fourth-order valence-corrected chi connectivity index (χ4v) is 3.28. The van der Waals surface area contributed by atoms with Crippen LogP contribution >= 0.6 is 22.9 Å². The number of hydrogen-bond acceptors (Lipinski definition) is 6. The van der Waals surface area contributed by atoms with Gasteiger partial charge < -0.3 is 10.1 Å². The number of benzene rings is 1. The number of fused-ring (bicyclic) bond motifs is 1. The van der Waals surface area contributed by atoms with Gasteiger partial charge in [-0.25, -0.2) is 4.98 Å². The van der Waals surface area contributed by atoms with E-state index in [9.17, 15) is 14.4 Å². The molecule has 0 aliphatic heterocycles. The van der Waals surface area contributed by atoms with Crippen molar-refractivity contribution in [3.8, 4) is 0 Å². The van der Waals surface area contributed by atoms with E-state index in [1.165, 1.54) is 29.2 Å². The molecule has 0 saturated carbocycles. The minimum atomic E-state index is -0.997. The molecule has 0 radical (unpaired) electrons. The number of esters is 1. The van der Waals surface area contributed by atoms with E-state index in [0.29, 0.717) is 20.9 Å². The third-order valence-corrected chi connectivity index (χ3v) is 4.97. The number of amides is 1. The summed E-state index contributed by atoms with van der Waals surface area (Å²) in [5, 5.41) is 5.30. The van der Waals surface area contributed by atoms with Crippen LogP contribution in [0, 0.1) is 0 Å². The highest BCUT2D eigenvalue weighted by atomic mass is 35.5. The molecule has 1 amide bonds. The van der Waals surface area contributed by atoms with Crippen LogP contribution in [0.1, 0.15) is 13.3 Å². The lowest BCUT2D eigenvalue weighted by Gasteiger charge is -2.14. The van der Waals surface area contributed by atoms with Gasteiger partial charge in [0.1, 0.15) is 4.83 Å². The molecular weight excluding hydrogens is 390 g/mol. The SMILES string of the molecule is CC(OC(=O)CCn1cnc2sccc2c1=O)C(=O)Nc1ccccc1Cl. The molecule has 2 aromatic heterocycles. The van der Waals surface area contributed by atoms with Gasteiger partial charge >= 0.3 is 5.97 Å². The van der Waals surface area contributed by atoms with Crippen molar-refractivity contribution in [1.29, 1.82) is 0 Å². The molecule has 27 heavy (non-hydrogen) atoms. The molecule has 1 atom stereocenters. The number of ether oxygens (including phenoxy) is 1. The van der Waals surface area contributed by atoms with Gasteiger partial charge in [-0.3, -0.25) is 19.0 Å². The largest absolute Gasteiger partial charge is 0.452 e. The smallest absolute Gasteiger partial charge is 0.308 e. The van der Waals surface area contributed by atoms with Crippen LogP contribution in [0.5, 0.6) is 0 Å². The van der Waals surface area contributed by atoms with Crippen LogP contribution < -0.4 is 10.9 Å². The van der Waals surface area contributed by atoms with Gasteiger partial charge in [0.15, 0.2) is 6.10 Å². The first-order valence-electron chi connectivity index (χ1n) is 8.13. The van der Waals surface area contributed by atoms with Gasteiger partial charge in [-0.05, 0) is 30.5 Å². The van der Waals surface area contributed by atoms with Crippen LogP contribution in [-0.2, 0) is 20.9 Å². The van der Waals surface area contributed by atoms with E-state index in [4.69, 9.17) is 16.3 Å². The van der Waals surface area contributed by atoms with E-state index >= 15 is 0 Å². The molecule has 140 valence electrons. The van der Waals surface area contributed by atoms with Gasteiger partial charge in [0, 0.05) is 6.54 Å². The third kappa shape index (κ3) is 4.53. The Bertz CT molecular complexity index is 1050. The zero-order valence-corrected chi connectivity index (χ0v) is 15.9. The highest BCUT2D eigenvalue weighted by Crippen LogP contribution is 2.20. The summed E-state index contributed by atoms with van der Waals surface area (Å²) in [5.41, 5.74) is 0.229. The van der Waals surface area contributed by atoms with Crippen LogP contribution in [0.15, 0.2) is 46.8 Å². The van der Waals surface area contributed by atoms with E-state index in [-0.39, 0.29) is 18.5 Å². The second kappa shape index (κ2) is 8.32. The average Bonchev–Trinajstić information content (AvgIpc) is 3.12. The fourth-order valence-electron chi connectivity index (χ4n) is 2.37. The lowest BCUT2D eigenvalue weighted by molar-refractivity contribution is -0.153.